The average Bonchev–Trinajstić information content (AvgIpc) is 2.29. The van der Waals surface area contributed by atoms with Gasteiger partial charge in [0.25, 0.3) is 0 Å². The SMILES string of the molecule is C=CC(C)Cc1cc(Cl)c(OC)cc1OC. The molecule has 1 aromatic carbocycles. The minimum atomic E-state index is 0.387. The number of hydrogen-bond donors (Lipinski definition) is 0. The molecule has 88 valence electrons. The van der Waals surface area contributed by atoms with E-state index in [1.807, 2.05) is 18.2 Å². The van der Waals surface area contributed by atoms with Gasteiger partial charge >= 0.3 is 0 Å². The number of benzene rings is 1. The Kier molecular flexibility index (Phi) is 4.69. The van der Waals surface area contributed by atoms with E-state index in [4.69, 9.17) is 21.1 Å². The maximum absolute atomic E-state index is 6.08. The third-order valence-corrected chi connectivity index (χ3v) is 2.79. The van der Waals surface area contributed by atoms with E-state index in [0.717, 1.165) is 17.7 Å². The molecule has 0 heterocycles. The minimum absolute atomic E-state index is 0.387. The van der Waals surface area contributed by atoms with Crippen LogP contribution in [0.15, 0.2) is 24.8 Å². The van der Waals surface area contributed by atoms with Gasteiger partial charge in [0.2, 0.25) is 0 Å². The summed E-state index contributed by atoms with van der Waals surface area (Å²) in [6.45, 7) is 5.87. The largest absolute Gasteiger partial charge is 0.496 e. The van der Waals surface area contributed by atoms with Gasteiger partial charge in [0.05, 0.1) is 19.2 Å². The Balaban J connectivity index is 3.07. The Bertz CT molecular complexity index is 374. The van der Waals surface area contributed by atoms with Crippen molar-refractivity contribution in [2.24, 2.45) is 5.92 Å². The topological polar surface area (TPSA) is 18.5 Å². The van der Waals surface area contributed by atoms with Crippen molar-refractivity contribution in [1.82, 2.24) is 0 Å². The standard InChI is InChI=1S/C13H17ClO2/c1-5-9(2)6-10-7-11(14)13(16-4)8-12(10)15-3/h5,7-9H,1,6H2,2-4H3. The van der Waals surface area contributed by atoms with E-state index in [2.05, 4.69) is 13.5 Å². The molecule has 1 atom stereocenters. The highest BCUT2D eigenvalue weighted by Gasteiger charge is 2.11. The highest BCUT2D eigenvalue weighted by atomic mass is 35.5. The van der Waals surface area contributed by atoms with Crippen LogP contribution in [0.4, 0.5) is 0 Å². The second kappa shape index (κ2) is 5.80. The van der Waals surface area contributed by atoms with E-state index in [-0.39, 0.29) is 0 Å². The zero-order valence-electron chi connectivity index (χ0n) is 9.92. The fourth-order valence-electron chi connectivity index (χ4n) is 1.51. The van der Waals surface area contributed by atoms with E-state index < -0.39 is 0 Å². The Morgan fingerprint density at radius 3 is 2.44 bits per heavy atom. The highest BCUT2D eigenvalue weighted by Crippen LogP contribution is 2.33. The quantitative estimate of drug-likeness (QED) is 0.731. The molecule has 0 spiro atoms. The van der Waals surface area contributed by atoms with E-state index >= 15 is 0 Å². The van der Waals surface area contributed by atoms with Gasteiger partial charge in [-0.3, -0.25) is 0 Å². The lowest BCUT2D eigenvalue weighted by molar-refractivity contribution is 0.390. The molecule has 0 bridgehead atoms. The fraction of sp³-hybridized carbons (Fsp3) is 0.385. The third-order valence-electron chi connectivity index (χ3n) is 2.50. The van der Waals surface area contributed by atoms with Gasteiger partial charge < -0.3 is 9.47 Å². The van der Waals surface area contributed by atoms with Crippen molar-refractivity contribution in [3.05, 3.63) is 35.4 Å². The first-order chi connectivity index (χ1) is 7.62. The molecular formula is C13H17ClO2. The summed E-state index contributed by atoms with van der Waals surface area (Å²) >= 11 is 6.08. The van der Waals surface area contributed by atoms with Crippen LogP contribution in [-0.4, -0.2) is 14.2 Å². The van der Waals surface area contributed by atoms with Crippen LogP contribution in [0.2, 0.25) is 5.02 Å². The molecule has 0 saturated carbocycles. The van der Waals surface area contributed by atoms with Crippen molar-refractivity contribution < 1.29 is 9.47 Å². The Morgan fingerprint density at radius 1 is 1.31 bits per heavy atom. The zero-order chi connectivity index (χ0) is 12.1. The summed E-state index contributed by atoms with van der Waals surface area (Å²) in [5, 5.41) is 0.606. The molecule has 1 unspecified atom stereocenters. The van der Waals surface area contributed by atoms with Crippen LogP contribution in [0, 0.1) is 5.92 Å². The number of rotatable bonds is 5. The van der Waals surface area contributed by atoms with Crippen LogP contribution in [0.5, 0.6) is 11.5 Å². The van der Waals surface area contributed by atoms with Gasteiger partial charge in [0, 0.05) is 6.07 Å². The minimum Gasteiger partial charge on any atom is -0.496 e. The normalized spacial score (nSPS) is 12.0. The van der Waals surface area contributed by atoms with Crippen molar-refractivity contribution in [2.45, 2.75) is 13.3 Å². The highest BCUT2D eigenvalue weighted by molar-refractivity contribution is 6.32. The van der Waals surface area contributed by atoms with Crippen LogP contribution >= 0.6 is 11.6 Å². The molecule has 0 aliphatic carbocycles. The lowest BCUT2D eigenvalue weighted by atomic mass is 10.0. The monoisotopic (exact) mass is 240 g/mol. The van der Waals surface area contributed by atoms with Crippen molar-refractivity contribution in [3.63, 3.8) is 0 Å². The summed E-state index contributed by atoms with van der Waals surface area (Å²) in [5.41, 5.74) is 1.07. The second-order valence-electron chi connectivity index (χ2n) is 3.72. The summed E-state index contributed by atoms with van der Waals surface area (Å²) in [5.74, 6) is 1.82. The molecule has 16 heavy (non-hydrogen) atoms. The van der Waals surface area contributed by atoms with E-state index in [0.29, 0.717) is 16.7 Å². The van der Waals surface area contributed by atoms with Crippen molar-refractivity contribution in [3.8, 4) is 11.5 Å². The van der Waals surface area contributed by atoms with Crippen LogP contribution in [0.25, 0.3) is 0 Å². The first-order valence-corrected chi connectivity index (χ1v) is 5.53. The molecule has 1 rings (SSSR count). The molecule has 2 nitrogen and oxygen atoms in total. The van der Waals surface area contributed by atoms with Crippen molar-refractivity contribution in [1.29, 1.82) is 0 Å². The van der Waals surface area contributed by atoms with Crippen LogP contribution in [0.3, 0.4) is 0 Å². The smallest absolute Gasteiger partial charge is 0.141 e. The van der Waals surface area contributed by atoms with Gasteiger partial charge in [-0.25, -0.2) is 0 Å². The van der Waals surface area contributed by atoms with Gasteiger partial charge in [-0.05, 0) is 24.0 Å². The van der Waals surface area contributed by atoms with Gasteiger partial charge in [0.1, 0.15) is 11.5 Å². The van der Waals surface area contributed by atoms with Crippen LogP contribution in [0.1, 0.15) is 12.5 Å². The molecule has 0 radical (unpaired) electrons. The lowest BCUT2D eigenvalue weighted by Crippen LogP contribution is -2.00. The molecule has 0 aliphatic heterocycles. The summed E-state index contributed by atoms with van der Waals surface area (Å²) in [6, 6.07) is 3.70. The molecule has 0 aliphatic rings. The Hall–Kier alpha value is -1.15. The predicted octanol–water partition coefficient (Wildman–Crippen LogP) is 3.72. The third kappa shape index (κ3) is 2.92. The predicted molar refractivity (Wildman–Crippen MR) is 67.6 cm³/mol. The number of halogens is 1. The van der Waals surface area contributed by atoms with Crippen molar-refractivity contribution in [2.75, 3.05) is 14.2 Å². The summed E-state index contributed by atoms with van der Waals surface area (Å²) < 4.78 is 10.5. The number of methoxy groups -OCH3 is 2. The Labute approximate surface area is 102 Å². The zero-order valence-corrected chi connectivity index (χ0v) is 10.7. The van der Waals surface area contributed by atoms with Crippen LogP contribution < -0.4 is 9.47 Å². The molecule has 0 aromatic heterocycles. The molecule has 1 aromatic rings. The maximum atomic E-state index is 6.08. The molecule has 0 N–H and O–H groups in total. The first-order valence-electron chi connectivity index (χ1n) is 5.15. The Morgan fingerprint density at radius 2 is 1.94 bits per heavy atom. The summed E-state index contributed by atoms with van der Waals surface area (Å²) in [4.78, 5) is 0. The van der Waals surface area contributed by atoms with Gasteiger partial charge in [0.15, 0.2) is 0 Å². The summed E-state index contributed by atoms with van der Waals surface area (Å²) in [7, 11) is 3.23. The van der Waals surface area contributed by atoms with Gasteiger partial charge in [-0.2, -0.15) is 0 Å². The lowest BCUT2D eigenvalue weighted by Gasteiger charge is -2.13. The summed E-state index contributed by atoms with van der Waals surface area (Å²) in [6.07, 6.45) is 2.77. The number of ether oxygens (including phenoxy) is 2. The molecule has 0 amide bonds. The first kappa shape index (κ1) is 12.9. The molecule has 0 fully saturated rings. The molecule has 3 heteroatoms. The van der Waals surface area contributed by atoms with Crippen molar-refractivity contribution >= 4 is 11.6 Å². The second-order valence-corrected chi connectivity index (χ2v) is 4.12. The van der Waals surface area contributed by atoms with E-state index in [1.54, 1.807) is 14.2 Å². The average molecular weight is 241 g/mol. The maximum Gasteiger partial charge on any atom is 0.141 e. The van der Waals surface area contributed by atoms with Crippen LogP contribution in [-0.2, 0) is 6.42 Å². The number of allylic oxidation sites excluding steroid dienone is 1. The molecular weight excluding hydrogens is 224 g/mol. The fourth-order valence-corrected chi connectivity index (χ4v) is 1.78. The van der Waals surface area contributed by atoms with E-state index in [9.17, 15) is 0 Å². The van der Waals surface area contributed by atoms with Gasteiger partial charge in [-0.15, -0.1) is 6.58 Å². The number of hydrogen-bond acceptors (Lipinski definition) is 2. The molecule has 0 saturated heterocycles. The van der Waals surface area contributed by atoms with Gasteiger partial charge in [-0.1, -0.05) is 24.6 Å². The van der Waals surface area contributed by atoms with E-state index in [1.165, 1.54) is 0 Å².